The van der Waals surface area contributed by atoms with Gasteiger partial charge in [-0.2, -0.15) is 0 Å². The van der Waals surface area contributed by atoms with Crippen LogP contribution >= 0.6 is 12.2 Å². The molecule has 0 aliphatic rings. The molecule has 2 aromatic rings. The zero-order chi connectivity index (χ0) is 12.4. The molecule has 2 N–H and O–H groups in total. The molecule has 90 valence electrons. The molecule has 1 aromatic carbocycles. The first-order valence-electron chi connectivity index (χ1n) is 5.13. The summed E-state index contributed by atoms with van der Waals surface area (Å²) in [4.78, 5) is 17.1. The van der Waals surface area contributed by atoms with Crippen molar-refractivity contribution >= 4 is 23.1 Å². The average molecular weight is 252 g/mol. The standard InChI is InChI=1S/C11H12N2O3S/c1-3-16-9-4-6-7(5-8(9)15-2)12-11(17)13-10(6)14/h4-5H,3H2,1-2H3,(H2,12,13,14,17). The van der Waals surface area contributed by atoms with E-state index in [1.165, 1.54) is 0 Å². The van der Waals surface area contributed by atoms with Gasteiger partial charge in [0.05, 0.1) is 24.6 Å². The van der Waals surface area contributed by atoms with Gasteiger partial charge in [-0.1, -0.05) is 0 Å². The number of hydrogen-bond donors (Lipinski definition) is 2. The molecule has 1 heterocycles. The van der Waals surface area contributed by atoms with Crippen LogP contribution in [0.4, 0.5) is 0 Å². The lowest BCUT2D eigenvalue weighted by atomic mass is 10.2. The van der Waals surface area contributed by atoms with Crippen molar-refractivity contribution in [2.24, 2.45) is 0 Å². The maximum absolute atomic E-state index is 11.7. The molecule has 0 spiro atoms. The minimum absolute atomic E-state index is 0.243. The summed E-state index contributed by atoms with van der Waals surface area (Å²) in [5, 5.41) is 0.489. The van der Waals surface area contributed by atoms with Crippen molar-refractivity contribution in [3.05, 3.63) is 27.3 Å². The van der Waals surface area contributed by atoms with Crippen LogP contribution in [0.2, 0.25) is 0 Å². The number of nitrogens with one attached hydrogen (secondary N) is 2. The van der Waals surface area contributed by atoms with Crippen molar-refractivity contribution in [2.75, 3.05) is 13.7 Å². The van der Waals surface area contributed by atoms with Crippen molar-refractivity contribution in [1.29, 1.82) is 0 Å². The van der Waals surface area contributed by atoms with Gasteiger partial charge in [0.25, 0.3) is 5.56 Å². The largest absolute Gasteiger partial charge is 0.493 e. The van der Waals surface area contributed by atoms with Crippen LogP contribution in [-0.2, 0) is 0 Å². The van der Waals surface area contributed by atoms with Crippen LogP contribution in [0.1, 0.15) is 6.92 Å². The van der Waals surface area contributed by atoms with E-state index in [0.717, 1.165) is 0 Å². The summed E-state index contributed by atoms with van der Waals surface area (Å²) in [6, 6.07) is 3.34. The van der Waals surface area contributed by atoms with Gasteiger partial charge in [-0.25, -0.2) is 0 Å². The molecular formula is C11H12N2O3S. The number of ether oxygens (including phenoxy) is 2. The van der Waals surface area contributed by atoms with E-state index < -0.39 is 0 Å². The maximum atomic E-state index is 11.7. The van der Waals surface area contributed by atoms with Gasteiger partial charge in [-0.3, -0.25) is 9.78 Å². The smallest absolute Gasteiger partial charge is 0.259 e. The van der Waals surface area contributed by atoms with E-state index in [4.69, 9.17) is 21.7 Å². The van der Waals surface area contributed by atoms with E-state index in [0.29, 0.717) is 29.0 Å². The van der Waals surface area contributed by atoms with Crippen molar-refractivity contribution in [3.63, 3.8) is 0 Å². The van der Waals surface area contributed by atoms with Gasteiger partial charge in [0, 0.05) is 6.07 Å². The van der Waals surface area contributed by atoms with Gasteiger partial charge in [0.15, 0.2) is 16.3 Å². The molecular weight excluding hydrogens is 240 g/mol. The van der Waals surface area contributed by atoms with E-state index in [1.54, 1.807) is 19.2 Å². The molecule has 2 rings (SSSR count). The van der Waals surface area contributed by atoms with E-state index in [1.807, 2.05) is 6.92 Å². The molecule has 0 saturated carbocycles. The topological polar surface area (TPSA) is 67.1 Å². The van der Waals surface area contributed by atoms with Gasteiger partial charge in [-0.15, -0.1) is 0 Å². The summed E-state index contributed by atoms with van der Waals surface area (Å²) in [7, 11) is 1.55. The van der Waals surface area contributed by atoms with Crippen LogP contribution < -0.4 is 15.0 Å². The molecule has 0 bridgehead atoms. The second kappa shape index (κ2) is 4.58. The lowest BCUT2D eigenvalue weighted by molar-refractivity contribution is 0.311. The number of rotatable bonds is 3. The van der Waals surface area contributed by atoms with Crippen molar-refractivity contribution in [3.8, 4) is 11.5 Å². The maximum Gasteiger partial charge on any atom is 0.259 e. The number of fused-ring (bicyclic) bond motifs is 1. The Labute approximate surface area is 102 Å². The quantitative estimate of drug-likeness (QED) is 0.820. The third kappa shape index (κ3) is 2.16. The molecule has 6 heteroatoms. The summed E-state index contributed by atoms with van der Waals surface area (Å²) < 4.78 is 10.9. The normalized spacial score (nSPS) is 10.5. The van der Waals surface area contributed by atoms with Crippen molar-refractivity contribution in [1.82, 2.24) is 9.97 Å². The molecule has 0 aliphatic heterocycles. The molecule has 0 aliphatic carbocycles. The molecule has 0 saturated heterocycles. The zero-order valence-electron chi connectivity index (χ0n) is 9.49. The lowest BCUT2D eigenvalue weighted by Crippen LogP contribution is -2.08. The SMILES string of the molecule is CCOc1cc2c(=O)[nH]c(=S)[nH]c2cc1OC. The Balaban J connectivity index is 2.78. The average Bonchev–Trinajstić information content (AvgIpc) is 2.29. The first-order valence-corrected chi connectivity index (χ1v) is 5.53. The minimum Gasteiger partial charge on any atom is -0.493 e. The van der Waals surface area contributed by atoms with Gasteiger partial charge < -0.3 is 14.5 Å². The Bertz CT molecular complexity index is 660. The Morgan fingerprint density at radius 3 is 2.71 bits per heavy atom. The number of aromatic amines is 2. The highest BCUT2D eigenvalue weighted by Crippen LogP contribution is 2.30. The zero-order valence-corrected chi connectivity index (χ0v) is 10.3. The number of methoxy groups -OCH3 is 1. The Morgan fingerprint density at radius 1 is 1.29 bits per heavy atom. The van der Waals surface area contributed by atoms with Crippen LogP contribution in [-0.4, -0.2) is 23.7 Å². The molecule has 0 fully saturated rings. The first kappa shape index (κ1) is 11.7. The molecule has 0 atom stereocenters. The Morgan fingerprint density at radius 2 is 2.06 bits per heavy atom. The minimum atomic E-state index is -0.243. The number of aromatic nitrogens is 2. The summed E-state index contributed by atoms with van der Waals surface area (Å²) in [5.74, 6) is 1.11. The van der Waals surface area contributed by atoms with Crippen LogP contribution in [0.25, 0.3) is 10.9 Å². The van der Waals surface area contributed by atoms with Crippen molar-refractivity contribution in [2.45, 2.75) is 6.92 Å². The first-order chi connectivity index (χ1) is 8.15. The third-order valence-corrected chi connectivity index (χ3v) is 2.53. The van der Waals surface area contributed by atoms with Gasteiger partial charge in [0.2, 0.25) is 0 Å². The highest BCUT2D eigenvalue weighted by molar-refractivity contribution is 7.71. The fourth-order valence-corrected chi connectivity index (χ4v) is 1.81. The van der Waals surface area contributed by atoms with Crippen LogP contribution in [0.5, 0.6) is 11.5 Å². The predicted molar refractivity (Wildman–Crippen MR) is 67.5 cm³/mol. The van der Waals surface area contributed by atoms with Gasteiger partial charge >= 0.3 is 0 Å². The lowest BCUT2D eigenvalue weighted by Gasteiger charge is -2.10. The van der Waals surface area contributed by atoms with E-state index in [-0.39, 0.29) is 10.3 Å². The molecule has 0 amide bonds. The Hall–Kier alpha value is -1.82. The van der Waals surface area contributed by atoms with Crippen molar-refractivity contribution < 1.29 is 9.47 Å². The van der Waals surface area contributed by atoms with E-state index in [9.17, 15) is 4.79 Å². The molecule has 17 heavy (non-hydrogen) atoms. The second-order valence-corrected chi connectivity index (χ2v) is 3.80. The second-order valence-electron chi connectivity index (χ2n) is 3.39. The Kier molecular flexibility index (Phi) is 3.14. The summed E-state index contributed by atoms with van der Waals surface area (Å²) >= 11 is 4.91. The molecule has 1 aromatic heterocycles. The highest BCUT2D eigenvalue weighted by Gasteiger charge is 2.09. The number of hydrogen-bond acceptors (Lipinski definition) is 4. The fraction of sp³-hybridized carbons (Fsp3) is 0.273. The monoisotopic (exact) mass is 252 g/mol. The van der Waals surface area contributed by atoms with Crippen LogP contribution in [0.15, 0.2) is 16.9 Å². The summed E-state index contributed by atoms with van der Waals surface area (Å²) in [6.07, 6.45) is 0. The fourth-order valence-electron chi connectivity index (χ4n) is 1.60. The summed E-state index contributed by atoms with van der Waals surface area (Å²) in [5.41, 5.74) is 0.381. The number of benzene rings is 1. The molecule has 5 nitrogen and oxygen atoms in total. The third-order valence-electron chi connectivity index (χ3n) is 2.32. The highest BCUT2D eigenvalue weighted by atomic mass is 32.1. The number of H-pyrrole nitrogens is 2. The van der Waals surface area contributed by atoms with E-state index >= 15 is 0 Å². The molecule has 0 unspecified atom stereocenters. The predicted octanol–water partition coefficient (Wildman–Crippen LogP) is 1.99. The summed E-state index contributed by atoms with van der Waals surface area (Å²) in [6.45, 7) is 2.37. The van der Waals surface area contributed by atoms with Gasteiger partial charge in [0.1, 0.15) is 0 Å². The van der Waals surface area contributed by atoms with E-state index in [2.05, 4.69) is 9.97 Å². The van der Waals surface area contributed by atoms with Gasteiger partial charge in [-0.05, 0) is 25.2 Å². The van der Waals surface area contributed by atoms with Crippen LogP contribution in [0, 0.1) is 4.77 Å². The van der Waals surface area contributed by atoms with Crippen LogP contribution in [0.3, 0.4) is 0 Å². The molecule has 0 radical (unpaired) electrons.